The molecule has 0 bridgehead atoms. The van der Waals surface area contributed by atoms with Crippen LogP contribution >= 0.6 is 11.6 Å². The predicted molar refractivity (Wildman–Crippen MR) is 56.5 cm³/mol. The summed E-state index contributed by atoms with van der Waals surface area (Å²) in [6, 6.07) is 1.85. The number of ether oxygens (including phenoxy) is 1. The second-order valence-electron chi connectivity index (χ2n) is 3.12. The molecular weight excluding hydrogens is 202 g/mol. The first-order valence-electron chi connectivity index (χ1n) is 4.26. The van der Waals surface area contributed by atoms with E-state index in [4.69, 9.17) is 22.2 Å². The monoisotopic (exact) mass is 215 g/mol. The Balaban J connectivity index is 3.28. The van der Waals surface area contributed by atoms with Gasteiger partial charge in [0.15, 0.2) is 0 Å². The molecule has 3 nitrogen and oxygen atoms in total. The number of hydrogen-bond acceptors (Lipinski definition) is 3. The van der Waals surface area contributed by atoms with Crippen LogP contribution in [-0.2, 0) is 11.4 Å². The van der Waals surface area contributed by atoms with Gasteiger partial charge in [0.05, 0.1) is 13.7 Å². The van der Waals surface area contributed by atoms with Crippen LogP contribution in [0.4, 0.5) is 0 Å². The van der Waals surface area contributed by atoms with Crippen LogP contribution in [0.1, 0.15) is 16.7 Å². The van der Waals surface area contributed by atoms with Gasteiger partial charge in [-0.1, -0.05) is 11.6 Å². The maximum Gasteiger partial charge on any atom is 0.125 e. The van der Waals surface area contributed by atoms with Gasteiger partial charge in [0, 0.05) is 10.6 Å². The highest BCUT2D eigenvalue weighted by atomic mass is 35.5. The van der Waals surface area contributed by atoms with Crippen molar-refractivity contribution in [3.63, 3.8) is 0 Å². The maximum absolute atomic E-state index is 6.05. The highest BCUT2D eigenvalue weighted by Crippen LogP contribution is 2.31. The van der Waals surface area contributed by atoms with Crippen LogP contribution in [0.5, 0.6) is 5.75 Å². The fourth-order valence-electron chi connectivity index (χ4n) is 1.53. The molecule has 0 saturated heterocycles. The van der Waals surface area contributed by atoms with Crippen molar-refractivity contribution in [1.82, 2.24) is 0 Å². The van der Waals surface area contributed by atoms with Crippen LogP contribution in [0.2, 0.25) is 5.02 Å². The third-order valence-corrected chi connectivity index (χ3v) is 2.55. The Morgan fingerprint density at radius 2 is 2.07 bits per heavy atom. The molecule has 0 heterocycles. The minimum absolute atomic E-state index is 0.293. The van der Waals surface area contributed by atoms with Crippen molar-refractivity contribution in [3.05, 3.63) is 27.8 Å². The van der Waals surface area contributed by atoms with E-state index in [-0.39, 0.29) is 0 Å². The van der Waals surface area contributed by atoms with E-state index in [1.807, 2.05) is 19.9 Å². The zero-order valence-electron chi connectivity index (χ0n) is 8.56. The van der Waals surface area contributed by atoms with Crippen molar-refractivity contribution >= 4 is 11.6 Å². The molecule has 0 radical (unpaired) electrons. The summed E-state index contributed by atoms with van der Waals surface area (Å²) in [7, 11) is 1.64. The van der Waals surface area contributed by atoms with Crippen molar-refractivity contribution < 1.29 is 9.57 Å². The van der Waals surface area contributed by atoms with E-state index < -0.39 is 0 Å². The summed E-state index contributed by atoms with van der Waals surface area (Å²) in [5, 5.41) is 0.659. The molecule has 0 aliphatic rings. The molecule has 0 saturated carbocycles. The van der Waals surface area contributed by atoms with Gasteiger partial charge in [0.1, 0.15) is 5.75 Å². The average molecular weight is 216 g/mol. The zero-order chi connectivity index (χ0) is 10.7. The molecule has 0 fully saturated rings. The molecule has 1 aromatic carbocycles. The van der Waals surface area contributed by atoms with Crippen LogP contribution in [0.15, 0.2) is 6.07 Å². The summed E-state index contributed by atoms with van der Waals surface area (Å²) >= 11 is 6.05. The van der Waals surface area contributed by atoms with Gasteiger partial charge < -0.3 is 4.74 Å². The predicted octanol–water partition coefficient (Wildman–Crippen LogP) is 2.36. The lowest BCUT2D eigenvalue weighted by Gasteiger charge is -2.14. The van der Waals surface area contributed by atoms with Gasteiger partial charge in [-0.3, -0.25) is 4.84 Å². The van der Waals surface area contributed by atoms with E-state index in [2.05, 4.69) is 4.84 Å². The van der Waals surface area contributed by atoms with Crippen LogP contribution in [0, 0.1) is 13.8 Å². The van der Waals surface area contributed by atoms with E-state index in [1.165, 1.54) is 0 Å². The normalized spacial score (nSPS) is 10.4. The molecule has 0 atom stereocenters. The van der Waals surface area contributed by atoms with Gasteiger partial charge in [-0.2, -0.15) is 0 Å². The molecule has 0 unspecified atom stereocenters. The summed E-state index contributed by atoms with van der Waals surface area (Å²) < 4.78 is 5.26. The summed E-state index contributed by atoms with van der Waals surface area (Å²) in [5.41, 5.74) is 2.86. The standard InChI is InChI=1S/C10H14ClNO2/c1-6-4-9(11)8(5-14-12)7(2)10(6)13-3/h4H,5,12H2,1-3H3. The van der Waals surface area contributed by atoms with E-state index in [0.717, 1.165) is 22.4 Å². The van der Waals surface area contributed by atoms with Gasteiger partial charge in [-0.15, -0.1) is 0 Å². The lowest BCUT2D eigenvalue weighted by Crippen LogP contribution is -2.03. The molecule has 0 aliphatic carbocycles. The van der Waals surface area contributed by atoms with Gasteiger partial charge in [-0.05, 0) is 31.0 Å². The highest BCUT2D eigenvalue weighted by Gasteiger charge is 2.12. The van der Waals surface area contributed by atoms with E-state index >= 15 is 0 Å². The molecule has 0 aromatic heterocycles. The summed E-state index contributed by atoms with van der Waals surface area (Å²) in [6.07, 6.45) is 0. The third kappa shape index (κ3) is 2.00. The van der Waals surface area contributed by atoms with Gasteiger partial charge >= 0.3 is 0 Å². The Hall–Kier alpha value is -0.770. The molecule has 4 heteroatoms. The van der Waals surface area contributed by atoms with Crippen molar-refractivity contribution in [2.75, 3.05) is 7.11 Å². The number of nitrogens with two attached hydrogens (primary N) is 1. The number of rotatable bonds is 3. The molecule has 0 aliphatic heterocycles. The van der Waals surface area contributed by atoms with Gasteiger partial charge in [-0.25, -0.2) is 5.90 Å². The first kappa shape index (κ1) is 11.3. The Morgan fingerprint density at radius 3 is 2.57 bits per heavy atom. The Labute approximate surface area is 88.7 Å². The average Bonchev–Trinajstić information content (AvgIpc) is 2.12. The third-order valence-electron chi connectivity index (χ3n) is 2.21. The SMILES string of the molecule is COc1c(C)cc(Cl)c(CON)c1C. The topological polar surface area (TPSA) is 44.5 Å². The minimum Gasteiger partial charge on any atom is -0.496 e. The fourth-order valence-corrected chi connectivity index (χ4v) is 1.89. The van der Waals surface area contributed by atoms with Gasteiger partial charge in [0.2, 0.25) is 0 Å². The Morgan fingerprint density at radius 1 is 1.43 bits per heavy atom. The molecular formula is C10H14ClNO2. The highest BCUT2D eigenvalue weighted by molar-refractivity contribution is 6.31. The maximum atomic E-state index is 6.05. The van der Waals surface area contributed by atoms with Gasteiger partial charge in [0.25, 0.3) is 0 Å². The fraction of sp³-hybridized carbons (Fsp3) is 0.400. The summed E-state index contributed by atoms with van der Waals surface area (Å²) in [6.45, 7) is 4.18. The van der Waals surface area contributed by atoms with Crippen LogP contribution in [0.25, 0.3) is 0 Å². The first-order valence-corrected chi connectivity index (χ1v) is 4.63. The molecule has 0 spiro atoms. The number of methoxy groups -OCH3 is 1. The first-order chi connectivity index (χ1) is 6.61. The molecule has 78 valence electrons. The smallest absolute Gasteiger partial charge is 0.125 e. The second-order valence-corrected chi connectivity index (χ2v) is 3.53. The largest absolute Gasteiger partial charge is 0.496 e. The minimum atomic E-state index is 0.293. The molecule has 14 heavy (non-hydrogen) atoms. The van der Waals surface area contributed by atoms with Crippen LogP contribution < -0.4 is 10.6 Å². The number of hydrogen-bond donors (Lipinski definition) is 1. The van der Waals surface area contributed by atoms with E-state index in [0.29, 0.717) is 11.6 Å². The number of benzene rings is 1. The van der Waals surface area contributed by atoms with Crippen LogP contribution in [-0.4, -0.2) is 7.11 Å². The number of halogens is 1. The molecule has 2 N–H and O–H groups in total. The van der Waals surface area contributed by atoms with E-state index in [9.17, 15) is 0 Å². The molecule has 1 rings (SSSR count). The Bertz CT molecular complexity index is 339. The van der Waals surface area contributed by atoms with Crippen molar-refractivity contribution in [2.24, 2.45) is 5.90 Å². The lowest BCUT2D eigenvalue weighted by atomic mass is 10.0. The summed E-state index contributed by atoms with van der Waals surface area (Å²) in [4.78, 5) is 4.59. The van der Waals surface area contributed by atoms with Crippen LogP contribution in [0.3, 0.4) is 0 Å². The van der Waals surface area contributed by atoms with Crippen molar-refractivity contribution in [3.8, 4) is 5.75 Å². The number of aryl methyl sites for hydroxylation is 1. The molecule has 0 amide bonds. The van der Waals surface area contributed by atoms with E-state index in [1.54, 1.807) is 7.11 Å². The lowest BCUT2D eigenvalue weighted by molar-refractivity contribution is 0.123. The van der Waals surface area contributed by atoms with Crippen molar-refractivity contribution in [2.45, 2.75) is 20.5 Å². The van der Waals surface area contributed by atoms with Crippen molar-refractivity contribution in [1.29, 1.82) is 0 Å². The Kier molecular flexibility index (Phi) is 3.75. The molecule has 1 aromatic rings. The summed E-state index contributed by atoms with van der Waals surface area (Å²) in [5.74, 6) is 5.86. The second kappa shape index (κ2) is 4.64. The zero-order valence-corrected chi connectivity index (χ0v) is 9.31. The quantitative estimate of drug-likeness (QED) is 0.788.